The zero-order valence-electron chi connectivity index (χ0n) is 16.0. The highest BCUT2D eigenvalue weighted by molar-refractivity contribution is 6.00. The topological polar surface area (TPSA) is 68.5 Å². The molecule has 1 aliphatic heterocycles. The van der Waals surface area contributed by atoms with Gasteiger partial charge in [0, 0.05) is 17.8 Å². The maximum Gasteiger partial charge on any atom is 0.416 e. The molecule has 0 radical (unpaired) electrons. The minimum atomic E-state index is -4.42. The van der Waals surface area contributed by atoms with E-state index < -0.39 is 34.6 Å². The molecular formula is C22H18F3NO4. The Balaban J connectivity index is 1.83. The maximum atomic E-state index is 13.1. The van der Waals surface area contributed by atoms with Crippen molar-refractivity contribution in [2.24, 2.45) is 0 Å². The van der Waals surface area contributed by atoms with Gasteiger partial charge >= 0.3 is 12.1 Å². The van der Waals surface area contributed by atoms with E-state index in [-0.39, 0.29) is 19.1 Å². The van der Waals surface area contributed by atoms with Gasteiger partial charge in [0.2, 0.25) is 0 Å². The van der Waals surface area contributed by atoms with Crippen molar-refractivity contribution in [2.45, 2.75) is 32.0 Å². The Kier molecular flexibility index (Phi) is 4.80. The first-order chi connectivity index (χ1) is 14.2. The van der Waals surface area contributed by atoms with Crippen LogP contribution in [0.15, 0.2) is 47.3 Å². The number of hydrogen-bond donors (Lipinski definition) is 1. The number of ether oxygens (including phenoxy) is 1. The first kappa shape index (κ1) is 20.0. The molecule has 0 saturated heterocycles. The second kappa shape index (κ2) is 7.19. The molecule has 2 heterocycles. The predicted octanol–water partition coefficient (Wildman–Crippen LogP) is 4.24. The summed E-state index contributed by atoms with van der Waals surface area (Å²) in [6.07, 6.45) is -3.94. The monoisotopic (exact) mass is 417 g/mol. The molecule has 4 rings (SSSR count). The van der Waals surface area contributed by atoms with Crippen LogP contribution in [0.1, 0.15) is 39.9 Å². The molecule has 0 saturated carbocycles. The number of halogens is 3. The largest absolute Gasteiger partial charge is 0.506 e. The highest BCUT2D eigenvalue weighted by Gasteiger charge is 2.32. The number of carbonyl (C=O) groups is 1. The van der Waals surface area contributed by atoms with Gasteiger partial charge in [-0.1, -0.05) is 24.3 Å². The molecule has 0 amide bonds. The summed E-state index contributed by atoms with van der Waals surface area (Å²) in [6, 6.07) is 10.00. The number of alkyl halides is 3. The van der Waals surface area contributed by atoms with Crippen LogP contribution in [0.2, 0.25) is 0 Å². The van der Waals surface area contributed by atoms with Crippen molar-refractivity contribution in [3.8, 4) is 5.75 Å². The van der Waals surface area contributed by atoms with Crippen molar-refractivity contribution >= 4 is 16.9 Å². The predicted molar refractivity (Wildman–Crippen MR) is 104 cm³/mol. The Morgan fingerprint density at radius 1 is 1.20 bits per heavy atom. The molecule has 1 aliphatic rings. The lowest BCUT2D eigenvalue weighted by Gasteiger charge is -2.28. The third kappa shape index (κ3) is 3.22. The van der Waals surface area contributed by atoms with E-state index in [0.717, 1.165) is 17.7 Å². The van der Waals surface area contributed by atoms with Crippen molar-refractivity contribution in [3.63, 3.8) is 0 Å². The number of pyridine rings is 1. The fraction of sp³-hybridized carbons (Fsp3) is 0.273. The standard InChI is InChI=1S/C22H18F3NO4/c1-2-30-21(29)17-19(27)16-5-3-4-13-10-14(11-26(18(13)16)20(17)28)12-6-8-15(9-7-12)22(23,24)25/h3-9,14,27H,2,10-11H2,1H3. The molecule has 0 bridgehead atoms. The molecule has 5 nitrogen and oxygen atoms in total. The van der Waals surface area contributed by atoms with Gasteiger partial charge in [0.15, 0.2) is 5.56 Å². The average Bonchev–Trinajstić information content (AvgIpc) is 2.71. The van der Waals surface area contributed by atoms with Gasteiger partial charge < -0.3 is 14.4 Å². The quantitative estimate of drug-likeness (QED) is 0.648. The minimum Gasteiger partial charge on any atom is -0.506 e. The Hall–Kier alpha value is -3.29. The number of rotatable bonds is 3. The van der Waals surface area contributed by atoms with Crippen molar-refractivity contribution in [1.82, 2.24) is 4.57 Å². The number of carbonyl (C=O) groups excluding carboxylic acids is 1. The molecule has 1 N–H and O–H groups in total. The molecule has 0 aliphatic carbocycles. The third-order valence-corrected chi connectivity index (χ3v) is 5.40. The van der Waals surface area contributed by atoms with Gasteiger partial charge in [-0.25, -0.2) is 4.79 Å². The first-order valence-corrected chi connectivity index (χ1v) is 9.44. The van der Waals surface area contributed by atoms with Crippen LogP contribution in [0.25, 0.3) is 10.9 Å². The Morgan fingerprint density at radius 3 is 2.53 bits per heavy atom. The zero-order valence-corrected chi connectivity index (χ0v) is 16.0. The minimum absolute atomic E-state index is 0.0456. The normalized spacial score (nSPS) is 15.9. The maximum absolute atomic E-state index is 13.1. The van der Waals surface area contributed by atoms with Crippen LogP contribution < -0.4 is 5.56 Å². The van der Waals surface area contributed by atoms with Gasteiger partial charge in [-0.2, -0.15) is 13.2 Å². The number of benzene rings is 2. The highest BCUT2D eigenvalue weighted by atomic mass is 19.4. The lowest BCUT2D eigenvalue weighted by Crippen LogP contribution is -2.33. The number of para-hydroxylation sites is 1. The summed E-state index contributed by atoms with van der Waals surface area (Å²) in [5, 5.41) is 10.9. The number of esters is 1. The molecule has 156 valence electrons. The molecule has 8 heteroatoms. The number of aromatic hydroxyl groups is 1. The molecule has 0 fully saturated rings. The van der Waals surface area contributed by atoms with Gasteiger partial charge in [-0.05, 0) is 42.7 Å². The van der Waals surface area contributed by atoms with Crippen molar-refractivity contribution in [2.75, 3.05) is 6.61 Å². The van der Waals surface area contributed by atoms with Crippen LogP contribution >= 0.6 is 0 Å². The molecule has 30 heavy (non-hydrogen) atoms. The van der Waals surface area contributed by atoms with Gasteiger partial charge in [-0.3, -0.25) is 4.79 Å². The van der Waals surface area contributed by atoms with Crippen LogP contribution in [-0.2, 0) is 23.9 Å². The Morgan fingerprint density at radius 2 is 1.90 bits per heavy atom. The van der Waals surface area contributed by atoms with E-state index in [4.69, 9.17) is 4.74 Å². The molecule has 1 unspecified atom stereocenters. The summed E-state index contributed by atoms with van der Waals surface area (Å²) in [5.41, 5.74) is 0.0966. The van der Waals surface area contributed by atoms with Crippen LogP contribution in [0.4, 0.5) is 13.2 Å². The van der Waals surface area contributed by atoms with E-state index in [1.165, 1.54) is 16.7 Å². The lowest BCUT2D eigenvalue weighted by atomic mass is 9.87. The fourth-order valence-electron chi connectivity index (χ4n) is 4.02. The fourth-order valence-corrected chi connectivity index (χ4v) is 4.02. The summed E-state index contributed by atoms with van der Waals surface area (Å²) >= 11 is 0. The highest BCUT2D eigenvalue weighted by Crippen LogP contribution is 2.37. The van der Waals surface area contributed by atoms with Crippen LogP contribution in [0.3, 0.4) is 0 Å². The molecule has 1 aromatic heterocycles. The number of hydrogen-bond acceptors (Lipinski definition) is 4. The zero-order chi connectivity index (χ0) is 21.6. The van der Waals surface area contributed by atoms with Crippen molar-refractivity contribution < 1.29 is 27.8 Å². The molecule has 3 aromatic rings. The SMILES string of the molecule is CCOC(=O)c1c(O)c2cccc3c2n(c1=O)CC(c1ccc(C(F)(F)F)cc1)C3. The molecule has 2 aromatic carbocycles. The summed E-state index contributed by atoms with van der Waals surface area (Å²) in [7, 11) is 0. The van der Waals surface area contributed by atoms with E-state index in [1.54, 1.807) is 25.1 Å². The number of aromatic nitrogens is 1. The van der Waals surface area contributed by atoms with E-state index in [2.05, 4.69) is 0 Å². The van der Waals surface area contributed by atoms with Gasteiger partial charge in [0.25, 0.3) is 5.56 Å². The first-order valence-electron chi connectivity index (χ1n) is 9.44. The van der Waals surface area contributed by atoms with E-state index in [1.807, 2.05) is 0 Å². The average molecular weight is 417 g/mol. The van der Waals surface area contributed by atoms with Crippen molar-refractivity contribution in [1.29, 1.82) is 0 Å². The number of nitrogens with zero attached hydrogens (tertiary/aromatic N) is 1. The summed E-state index contributed by atoms with van der Waals surface area (Å²) in [6.45, 7) is 1.81. The Labute approximate surface area is 169 Å². The third-order valence-electron chi connectivity index (χ3n) is 5.40. The molecule has 0 spiro atoms. The van der Waals surface area contributed by atoms with Crippen LogP contribution in [-0.4, -0.2) is 22.2 Å². The summed E-state index contributed by atoms with van der Waals surface area (Å²) in [5.74, 6) is -1.59. The summed E-state index contributed by atoms with van der Waals surface area (Å²) in [4.78, 5) is 25.3. The van der Waals surface area contributed by atoms with Crippen molar-refractivity contribution in [3.05, 3.63) is 75.1 Å². The molecule has 1 atom stereocenters. The van der Waals surface area contributed by atoms with Crippen LogP contribution in [0.5, 0.6) is 5.75 Å². The van der Waals surface area contributed by atoms with Gasteiger partial charge in [0.1, 0.15) is 5.75 Å². The van der Waals surface area contributed by atoms with Gasteiger partial charge in [0.05, 0.1) is 17.7 Å². The Bertz CT molecular complexity index is 1200. The second-order valence-corrected chi connectivity index (χ2v) is 7.19. The molecular weight excluding hydrogens is 399 g/mol. The van der Waals surface area contributed by atoms with Crippen LogP contribution in [0, 0.1) is 0 Å². The van der Waals surface area contributed by atoms with E-state index in [0.29, 0.717) is 22.9 Å². The lowest BCUT2D eigenvalue weighted by molar-refractivity contribution is -0.137. The van der Waals surface area contributed by atoms with Gasteiger partial charge in [-0.15, -0.1) is 0 Å². The summed E-state index contributed by atoms with van der Waals surface area (Å²) < 4.78 is 44.9. The van der Waals surface area contributed by atoms with E-state index >= 15 is 0 Å². The second-order valence-electron chi connectivity index (χ2n) is 7.19. The smallest absolute Gasteiger partial charge is 0.416 e. The van der Waals surface area contributed by atoms with E-state index in [9.17, 15) is 27.9 Å².